The number of aryl methyl sites for hydroxylation is 1. The normalized spacial score (nSPS) is 10.9. The van der Waals surface area contributed by atoms with Crippen molar-refractivity contribution < 1.29 is 4.39 Å². The molecule has 0 bridgehead atoms. The van der Waals surface area contributed by atoms with Crippen molar-refractivity contribution in [2.75, 3.05) is 0 Å². The van der Waals surface area contributed by atoms with E-state index in [1.165, 1.54) is 10.6 Å². The highest BCUT2D eigenvalue weighted by atomic mass is 35.5. The molecule has 0 N–H and O–H groups in total. The Hall–Kier alpha value is -1.09. The average Bonchev–Trinajstić information content (AvgIpc) is 2.29. The zero-order chi connectivity index (χ0) is 8.72. The van der Waals surface area contributed by atoms with Gasteiger partial charge < -0.3 is 4.57 Å². The van der Waals surface area contributed by atoms with Gasteiger partial charge in [-0.05, 0) is 23.7 Å². The highest BCUT2D eigenvalue weighted by Crippen LogP contribution is 2.20. The highest BCUT2D eigenvalue weighted by molar-refractivity contribution is 6.29. The van der Waals surface area contributed by atoms with Crippen LogP contribution >= 0.6 is 11.6 Å². The maximum Gasteiger partial charge on any atom is 0.203 e. The number of hydrogen-bond donors (Lipinski definition) is 0. The second-order valence-corrected chi connectivity index (χ2v) is 2.89. The molecule has 0 saturated heterocycles. The summed E-state index contributed by atoms with van der Waals surface area (Å²) in [6, 6.07) is 4.73. The molecule has 0 aliphatic heterocycles. The van der Waals surface area contributed by atoms with Crippen LogP contribution in [0.4, 0.5) is 4.39 Å². The van der Waals surface area contributed by atoms with Crippen molar-refractivity contribution in [3.8, 4) is 0 Å². The van der Waals surface area contributed by atoms with E-state index in [-0.39, 0.29) is 5.82 Å². The van der Waals surface area contributed by atoms with Crippen molar-refractivity contribution in [3.63, 3.8) is 0 Å². The van der Waals surface area contributed by atoms with Crippen molar-refractivity contribution in [2.24, 2.45) is 7.05 Å². The van der Waals surface area contributed by atoms with Crippen molar-refractivity contribution in [3.05, 3.63) is 29.3 Å². The Kier molecular flexibility index (Phi) is 1.54. The maximum absolute atomic E-state index is 13.1. The molecule has 2 rings (SSSR count). The summed E-state index contributed by atoms with van der Waals surface area (Å²) in [6.07, 6.45) is 0. The second-order valence-electron chi connectivity index (χ2n) is 2.55. The van der Waals surface area contributed by atoms with Crippen LogP contribution in [0.5, 0.6) is 0 Å². The van der Waals surface area contributed by atoms with E-state index in [0.29, 0.717) is 16.3 Å². The number of imidazole rings is 1. The van der Waals surface area contributed by atoms with Gasteiger partial charge in [-0.25, -0.2) is 9.37 Å². The zero-order valence-corrected chi connectivity index (χ0v) is 7.14. The molecule has 0 atom stereocenters. The van der Waals surface area contributed by atoms with Crippen LogP contribution in [0, 0.1) is 5.82 Å². The zero-order valence-electron chi connectivity index (χ0n) is 6.38. The number of benzene rings is 1. The number of halogens is 2. The van der Waals surface area contributed by atoms with E-state index >= 15 is 0 Å². The van der Waals surface area contributed by atoms with Crippen LogP contribution in [0.15, 0.2) is 18.2 Å². The first-order chi connectivity index (χ1) is 5.70. The predicted octanol–water partition coefficient (Wildman–Crippen LogP) is 2.37. The van der Waals surface area contributed by atoms with Crippen molar-refractivity contribution in [1.82, 2.24) is 9.55 Å². The van der Waals surface area contributed by atoms with E-state index in [1.54, 1.807) is 19.2 Å². The lowest BCUT2D eigenvalue weighted by molar-refractivity contribution is 0.632. The van der Waals surface area contributed by atoms with Crippen LogP contribution in [0.3, 0.4) is 0 Å². The molecule has 1 aromatic heterocycles. The summed E-state index contributed by atoms with van der Waals surface area (Å²) in [5.41, 5.74) is 1.03. The van der Waals surface area contributed by atoms with E-state index in [0.717, 1.165) is 0 Å². The summed E-state index contributed by atoms with van der Waals surface area (Å²) < 4.78 is 14.7. The first-order valence-corrected chi connectivity index (χ1v) is 3.84. The molecule has 2 aromatic rings. The van der Waals surface area contributed by atoms with Crippen LogP contribution < -0.4 is 0 Å². The van der Waals surface area contributed by atoms with Gasteiger partial charge in [0.1, 0.15) is 11.3 Å². The summed E-state index contributed by atoms with van der Waals surface area (Å²) in [7, 11) is 1.68. The number of rotatable bonds is 0. The van der Waals surface area contributed by atoms with Crippen LogP contribution in [-0.2, 0) is 7.05 Å². The Labute approximate surface area is 73.6 Å². The van der Waals surface area contributed by atoms with Crippen LogP contribution in [0.25, 0.3) is 11.0 Å². The third-order valence-corrected chi connectivity index (χ3v) is 2.13. The smallest absolute Gasteiger partial charge is 0.203 e. The number of aromatic nitrogens is 2. The minimum absolute atomic E-state index is 0.297. The SMILES string of the molecule is Cn1c(Cl)nc2cccc(F)c21. The number of fused-ring (bicyclic) bond motifs is 1. The first-order valence-electron chi connectivity index (χ1n) is 3.46. The standard InChI is InChI=1S/C8H6ClFN2/c1-12-7-5(10)3-2-4-6(7)11-8(12)9/h2-4H,1H3. The third kappa shape index (κ3) is 0.898. The van der Waals surface area contributed by atoms with Gasteiger partial charge in [-0.3, -0.25) is 0 Å². The van der Waals surface area contributed by atoms with Gasteiger partial charge in [0, 0.05) is 7.05 Å². The van der Waals surface area contributed by atoms with Gasteiger partial charge in [0.05, 0.1) is 5.52 Å². The lowest BCUT2D eigenvalue weighted by Crippen LogP contribution is -1.89. The van der Waals surface area contributed by atoms with Crippen molar-refractivity contribution in [1.29, 1.82) is 0 Å². The molecular formula is C8H6ClFN2. The molecule has 1 heterocycles. The molecular weight excluding hydrogens is 179 g/mol. The first kappa shape index (κ1) is 7.55. The summed E-state index contributed by atoms with van der Waals surface area (Å²) in [5.74, 6) is -0.297. The van der Waals surface area contributed by atoms with E-state index in [2.05, 4.69) is 4.98 Å². The molecule has 2 nitrogen and oxygen atoms in total. The minimum atomic E-state index is -0.297. The third-order valence-electron chi connectivity index (χ3n) is 1.79. The van der Waals surface area contributed by atoms with Crippen LogP contribution in [0.2, 0.25) is 5.28 Å². The molecule has 4 heteroatoms. The van der Waals surface area contributed by atoms with E-state index in [1.807, 2.05) is 0 Å². The van der Waals surface area contributed by atoms with Crippen LogP contribution in [-0.4, -0.2) is 9.55 Å². The molecule has 0 unspecified atom stereocenters. The fourth-order valence-electron chi connectivity index (χ4n) is 1.19. The van der Waals surface area contributed by atoms with Gasteiger partial charge in [-0.15, -0.1) is 0 Å². The minimum Gasteiger partial charge on any atom is -0.315 e. The fourth-order valence-corrected chi connectivity index (χ4v) is 1.37. The van der Waals surface area contributed by atoms with Crippen molar-refractivity contribution in [2.45, 2.75) is 0 Å². The highest BCUT2D eigenvalue weighted by Gasteiger charge is 2.08. The average molecular weight is 185 g/mol. The molecule has 0 radical (unpaired) electrons. The van der Waals surface area contributed by atoms with Gasteiger partial charge in [-0.2, -0.15) is 0 Å². The summed E-state index contributed by atoms with van der Waals surface area (Å²) >= 11 is 5.71. The van der Waals surface area contributed by atoms with Gasteiger partial charge in [0.25, 0.3) is 0 Å². The predicted molar refractivity (Wildman–Crippen MR) is 45.7 cm³/mol. The maximum atomic E-state index is 13.1. The molecule has 0 fully saturated rings. The molecule has 1 aromatic carbocycles. The van der Waals surface area contributed by atoms with Crippen molar-refractivity contribution >= 4 is 22.6 Å². The molecule has 0 amide bonds. The lowest BCUT2D eigenvalue weighted by atomic mass is 10.3. The molecule has 0 spiro atoms. The van der Waals surface area contributed by atoms with Gasteiger partial charge in [0.2, 0.25) is 5.28 Å². The van der Waals surface area contributed by atoms with Crippen LogP contribution in [0.1, 0.15) is 0 Å². The van der Waals surface area contributed by atoms with Gasteiger partial charge in [-0.1, -0.05) is 6.07 Å². The monoisotopic (exact) mass is 184 g/mol. The number of hydrogen-bond acceptors (Lipinski definition) is 1. The number of nitrogens with zero attached hydrogens (tertiary/aromatic N) is 2. The molecule has 0 aliphatic carbocycles. The Morgan fingerprint density at radius 2 is 2.25 bits per heavy atom. The molecule has 0 aliphatic rings. The molecule has 12 heavy (non-hydrogen) atoms. The van der Waals surface area contributed by atoms with Gasteiger partial charge in [0.15, 0.2) is 0 Å². The quantitative estimate of drug-likeness (QED) is 0.615. The van der Waals surface area contributed by atoms with Gasteiger partial charge >= 0.3 is 0 Å². The Morgan fingerprint density at radius 1 is 1.50 bits per heavy atom. The molecule has 62 valence electrons. The summed E-state index contributed by atoms with van der Waals surface area (Å²) in [6.45, 7) is 0. The topological polar surface area (TPSA) is 17.8 Å². The summed E-state index contributed by atoms with van der Waals surface area (Å²) in [5, 5.41) is 0.301. The Morgan fingerprint density at radius 3 is 2.92 bits per heavy atom. The van der Waals surface area contributed by atoms with E-state index in [4.69, 9.17) is 11.6 Å². The Balaban J connectivity index is 2.97. The summed E-state index contributed by atoms with van der Waals surface area (Å²) in [4.78, 5) is 3.96. The fraction of sp³-hybridized carbons (Fsp3) is 0.125. The van der Waals surface area contributed by atoms with E-state index in [9.17, 15) is 4.39 Å². The second kappa shape index (κ2) is 2.45. The number of para-hydroxylation sites is 1. The van der Waals surface area contributed by atoms with E-state index < -0.39 is 0 Å². The lowest BCUT2D eigenvalue weighted by Gasteiger charge is -1.95. The largest absolute Gasteiger partial charge is 0.315 e. The Bertz CT molecular complexity index is 436. The molecule has 0 saturated carbocycles.